The van der Waals surface area contributed by atoms with Gasteiger partial charge in [0.1, 0.15) is 35.9 Å². The smallest absolute Gasteiger partial charge is 0.263 e. The van der Waals surface area contributed by atoms with Crippen LogP contribution in [0.3, 0.4) is 0 Å². The third kappa shape index (κ3) is 4.00. The van der Waals surface area contributed by atoms with Crippen LogP contribution in [0.5, 0.6) is 11.5 Å². The summed E-state index contributed by atoms with van der Waals surface area (Å²) < 4.78 is 16.5. The van der Waals surface area contributed by atoms with Gasteiger partial charge < -0.3 is 29.5 Å². The predicted molar refractivity (Wildman–Crippen MR) is 122 cm³/mol. The van der Waals surface area contributed by atoms with Crippen molar-refractivity contribution in [1.29, 1.82) is 0 Å². The van der Waals surface area contributed by atoms with Gasteiger partial charge in [-0.3, -0.25) is 14.5 Å². The normalized spacial score (nSPS) is 26.6. The maximum atomic E-state index is 13.3. The molecule has 0 unspecified atom stereocenters. The van der Waals surface area contributed by atoms with Crippen LogP contribution in [0.4, 0.5) is 0 Å². The van der Waals surface area contributed by atoms with Gasteiger partial charge in [0.2, 0.25) is 6.29 Å². The molecule has 0 aliphatic carbocycles. The highest BCUT2D eigenvalue weighted by molar-refractivity contribution is 6.55. The zero-order valence-electron chi connectivity index (χ0n) is 17.2. The molecule has 13 heteroatoms. The zero-order valence-corrected chi connectivity index (χ0v) is 20.3. The van der Waals surface area contributed by atoms with Crippen LogP contribution in [-0.4, -0.2) is 76.4 Å². The summed E-state index contributed by atoms with van der Waals surface area (Å²) >= 11 is 24.5. The molecule has 1 fully saturated rings. The molecule has 4 rings (SSSR count). The average Bonchev–Trinajstić information content (AvgIpc) is 3.09. The van der Waals surface area contributed by atoms with E-state index in [2.05, 4.69) is 0 Å². The van der Waals surface area contributed by atoms with Crippen molar-refractivity contribution in [2.24, 2.45) is 0 Å². The number of amides is 2. The van der Waals surface area contributed by atoms with E-state index in [4.69, 9.17) is 60.6 Å². The van der Waals surface area contributed by atoms with E-state index in [1.54, 1.807) is 12.1 Å². The molecular weight excluding hydrogens is 536 g/mol. The Kier molecular flexibility index (Phi) is 7.19. The number of carbonyl (C=O) groups excluding carboxylic acids is 2. The number of benzene rings is 2. The number of carbonyl (C=O) groups is 2. The number of fused-ring (bicyclic) bond motifs is 1. The summed E-state index contributed by atoms with van der Waals surface area (Å²) in [6.07, 6.45) is -6.18. The molecule has 2 amide bonds. The van der Waals surface area contributed by atoms with Gasteiger partial charge in [0, 0.05) is 0 Å². The van der Waals surface area contributed by atoms with Crippen molar-refractivity contribution in [3.8, 4) is 11.5 Å². The first-order chi connectivity index (χ1) is 16.1. The van der Waals surface area contributed by atoms with Gasteiger partial charge in [0.05, 0.1) is 44.9 Å². The summed E-state index contributed by atoms with van der Waals surface area (Å²) in [4.78, 5) is 27.3. The van der Waals surface area contributed by atoms with E-state index in [-0.39, 0.29) is 37.0 Å². The molecule has 9 nitrogen and oxygen atoms in total. The van der Waals surface area contributed by atoms with Crippen LogP contribution in [-0.2, 0) is 4.74 Å². The van der Waals surface area contributed by atoms with Crippen molar-refractivity contribution in [2.45, 2.75) is 30.6 Å². The van der Waals surface area contributed by atoms with Crippen LogP contribution in [0.15, 0.2) is 24.3 Å². The molecule has 0 aromatic heterocycles. The molecule has 182 valence electrons. The third-order valence-electron chi connectivity index (χ3n) is 5.59. The molecule has 3 N–H and O–H groups in total. The minimum Gasteiger partial charge on any atom is -0.497 e. The van der Waals surface area contributed by atoms with Crippen molar-refractivity contribution < 1.29 is 39.1 Å². The Bertz CT molecular complexity index is 1100. The van der Waals surface area contributed by atoms with Crippen molar-refractivity contribution >= 4 is 58.2 Å². The summed E-state index contributed by atoms with van der Waals surface area (Å²) in [5, 5.41) is 29.9. The highest BCUT2D eigenvalue weighted by Gasteiger charge is 2.55. The summed E-state index contributed by atoms with van der Waals surface area (Å²) in [5.41, 5.74) is -0.611. The van der Waals surface area contributed by atoms with Gasteiger partial charge >= 0.3 is 0 Å². The van der Waals surface area contributed by atoms with Gasteiger partial charge in [-0.2, -0.15) is 0 Å². The Morgan fingerprint density at radius 1 is 0.882 bits per heavy atom. The van der Waals surface area contributed by atoms with Crippen LogP contribution in [0.1, 0.15) is 20.7 Å². The number of methoxy groups -OCH3 is 1. The predicted octanol–water partition coefficient (Wildman–Crippen LogP) is 2.79. The van der Waals surface area contributed by atoms with E-state index in [0.717, 1.165) is 0 Å². The van der Waals surface area contributed by atoms with E-state index < -0.39 is 49.1 Å². The van der Waals surface area contributed by atoms with E-state index in [1.165, 1.54) is 19.2 Å². The first kappa shape index (κ1) is 25.3. The molecule has 2 aliphatic rings. The number of aliphatic hydroxyl groups is 3. The standard InChI is InChI=1S/C21H17Cl4NO8/c1-32-7-2-4-8(5-3-7)33-21-16(18(29)17(28)9(6-27)34-21)26-19(30)10-11(20(26)31)13(23)15(25)14(24)12(10)22/h2-5,9,16-18,21,27-29H,6H2,1H3/t9-,16-,17-,18-,21-/m1/s1. The Morgan fingerprint density at radius 2 is 1.38 bits per heavy atom. The minimum atomic E-state index is -1.76. The molecule has 5 atom stereocenters. The molecule has 2 aliphatic heterocycles. The van der Waals surface area contributed by atoms with E-state index in [0.29, 0.717) is 10.6 Å². The van der Waals surface area contributed by atoms with E-state index in [1.807, 2.05) is 0 Å². The quantitative estimate of drug-likeness (QED) is 0.294. The number of ether oxygens (including phenoxy) is 3. The van der Waals surface area contributed by atoms with Crippen molar-refractivity contribution in [2.75, 3.05) is 13.7 Å². The topological polar surface area (TPSA) is 126 Å². The van der Waals surface area contributed by atoms with Gasteiger partial charge in [0.25, 0.3) is 11.8 Å². The molecular formula is C21H17Cl4NO8. The van der Waals surface area contributed by atoms with Crippen molar-refractivity contribution in [1.82, 2.24) is 4.90 Å². The maximum absolute atomic E-state index is 13.3. The molecule has 2 aromatic rings. The van der Waals surface area contributed by atoms with Crippen molar-refractivity contribution in [3.05, 3.63) is 55.5 Å². The zero-order chi connectivity index (χ0) is 24.9. The lowest BCUT2D eigenvalue weighted by molar-refractivity contribution is -0.254. The lowest BCUT2D eigenvalue weighted by Crippen LogP contribution is -2.66. The molecule has 0 saturated carbocycles. The van der Waals surface area contributed by atoms with Gasteiger partial charge in [-0.05, 0) is 24.3 Å². The summed E-state index contributed by atoms with van der Waals surface area (Å²) in [5.74, 6) is -1.13. The molecule has 34 heavy (non-hydrogen) atoms. The maximum Gasteiger partial charge on any atom is 0.263 e. The average molecular weight is 553 g/mol. The van der Waals surface area contributed by atoms with Gasteiger partial charge in [0.15, 0.2) is 0 Å². The van der Waals surface area contributed by atoms with Crippen LogP contribution in [0.2, 0.25) is 20.1 Å². The number of rotatable bonds is 5. The number of nitrogens with zero attached hydrogens (tertiary/aromatic N) is 1. The van der Waals surface area contributed by atoms with Gasteiger partial charge in [-0.1, -0.05) is 46.4 Å². The fourth-order valence-corrected chi connectivity index (χ4v) is 4.88. The van der Waals surface area contributed by atoms with E-state index >= 15 is 0 Å². The second-order valence-electron chi connectivity index (χ2n) is 7.48. The number of hydrogen-bond donors (Lipinski definition) is 3. The van der Waals surface area contributed by atoms with Crippen LogP contribution >= 0.6 is 46.4 Å². The number of halogens is 4. The SMILES string of the molecule is COc1ccc(O[C@@H]2O[C@H](CO)[C@@H](O)[C@H](O)[C@H]2N2C(=O)c3c(Cl)c(Cl)c(Cl)c(Cl)c3C2=O)cc1. The highest BCUT2D eigenvalue weighted by atomic mass is 35.5. The molecule has 2 aromatic carbocycles. The number of imide groups is 1. The fraction of sp³-hybridized carbons (Fsp3) is 0.333. The fourth-order valence-electron chi connectivity index (χ4n) is 3.86. The Hall–Kier alpha value is -1.82. The second-order valence-corrected chi connectivity index (χ2v) is 8.99. The first-order valence-corrected chi connectivity index (χ1v) is 11.3. The lowest BCUT2D eigenvalue weighted by Gasteiger charge is -2.44. The minimum absolute atomic E-state index is 0.220. The summed E-state index contributed by atoms with van der Waals surface area (Å²) in [6, 6.07) is 4.68. The van der Waals surface area contributed by atoms with Crippen molar-refractivity contribution in [3.63, 3.8) is 0 Å². The van der Waals surface area contributed by atoms with Crippen LogP contribution in [0.25, 0.3) is 0 Å². The molecule has 0 radical (unpaired) electrons. The summed E-state index contributed by atoms with van der Waals surface area (Å²) in [7, 11) is 1.48. The monoisotopic (exact) mass is 551 g/mol. The first-order valence-electron chi connectivity index (χ1n) is 9.79. The van der Waals surface area contributed by atoms with Crippen LogP contribution in [0, 0.1) is 0 Å². The molecule has 0 spiro atoms. The summed E-state index contributed by atoms with van der Waals surface area (Å²) in [6.45, 7) is -0.668. The van der Waals surface area contributed by atoms with Gasteiger partial charge in [-0.25, -0.2) is 0 Å². The van der Waals surface area contributed by atoms with Crippen LogP contribution < -0.4 is 9.47 Å². The second kappa shape index (κ2) is 9.67. The third-order valence-corrected chi connectivity index (χ3v) is 7.39. The Balaban J connectivity index is 1.77. The number of aliphatic hydroxyl groups excluding tert-OH is 3. The van der Waals surface area contributed by atoms with Gasteiger partial charge in [-0.15, -0.1) is 0 Å². The highest BCUT2D eigenvalue weighted by Crippen LogP contribution is 2.46. The lowest BCUT2D eigenvalue weighted by atomic mass is 9.95. The largest absolute Gasteiger partial charge is 0.497 e. The molecule has 2 heterocycles. The number of hydrogen-bond acceptors (Lipinski definition) is 8. The van der Waals surface area contributed by atoms with E-state index in [9.17, 15) is 24.9 Å². The Morgan fingerprint density at radius 3 is 1.85 bits per heavy atom. The Labute approximate surface area is 213 Å². The molecule has 0 bridgehead atoms. The molecule has 1 saturated heterocycles.